The maximum Gasteiger partial charge on any atom is 0.433 e. The van der Waals surface area contributed by atoms with E-state index in [-0.39, 0.29) is 18.0 Å². The predicted octanol–water partition coefficient (Wildman–Crippen LogP) is 0.411. The summed E-state index contributed by atoms with van der Waals surface area (Å²) in [5.41, 5.74) is -0.983. The van der Waals surface area contributed by atoms with Crippen molar-refractivity contribution in [3.8, 4) is 0 Å². The molecule has 1 aromatic heterocycles. The van der Waals surface area contributed by atoms with Crippen LogP contribution in [0.3, 0.4) is 0 Å². The molecule has 3 N–H and O–H groups in total. The van der Waals surface area contributed by atoms with E-state index >= 15 is 0 Å². The summed E-state index contributed by atoms with van der Waals surface area (Å²) in [4.78, 5) is 15.0. The summed E-state index contributed by atoms with van der Waals surface area (Å²) < 4.78 is 37.0. The van der Waals surface area contributed by atoms with E-state index in [4.69, 9.17) is 0 Å². The van der Waals surface area contributed by atoms with Gasteiger partial charge in [0.15, 0.2) is 0 Å². The number of β-amino-alcohol motifs (C(OH)–C–C–N with tert-alkyl or cyclic N) is 1. The maximum atomic E-state index is 12.3. The van der Waals surface area contributed by atoms with E-state index in [0.717, 1.165) is 18.3 Å². The summed E-state index contributed by atoms with van der Waals surface area (Å²) in [6, 6.07) is 1.84. The minimum absolute atomic E-state index is 0.0541. The molecule has 1 amide bonds. The number of hydrogen-bond donors (Lipinski definition) is 3. The molecule has 0 radical (unpaired) electrons. The van der Waals surface area contributed by atoms with Crippen molar-refractivity contribution in [2.45, 2.75) is 12.3 Å². The molecule has 1 aliphatic heterocycles. The van der Waals surface area contributed by atoms with Crippen LogP contribution in [-0.4, -0.2) is 41.7 Å². The lowest BCUT2D eigenvalue weighted by Gasteiger charge is -2.14. The van der Waals surface area contributed by atoms with Crippen molar-refractivity contribution >= 4 is 5.91 Å². The summed E-state index contributed by atoms with van der Waals surface area (Å²) in [7, 11) is 0. The number of carbonyl (C=O) groups is 1. The van der Waals surface area contributed by atoms with Gasteiger partial charge in [0.25, 0.3) is 5.91 Å². The third-order valence-electron chi connectivity index (χ3n) is 3.15. The maximum absolute atomic E-state index is 12.3. The second kappa shape index (κ2) is 5.76. The van der Waals surface area contributed by atoms with Gasteiger partial charge >= 0.3 is 6.18 Å². The highest BCUT2D eigenvalue weighted by Gasteiger charge is 2.32. The zero-order valence-electron chi connectivity index (χ0n) is 10.4. The first-order valence-electron chi connectivity index (χ1n) is 6.08. The van der Waals surface area contributed by atoms with Gasteiger partial charge in [0, 0.05) is 31.7 Å². The Hall–Kier alpha value is -1.67. The summed E-state index contributed by atoms with van der Waals surface area (Å²) in [5, 5.41) is 15.1. The number of carbonyl (C=O) groups excluding carboxylic acids is 1. The molecule has 2 atom stereocenters. The van der Waals surface area contributed by atoms with Gasteiger partial charge in [-0.25, -0.2) is 0 Å². The fourth-order valence-electron chi connectivity index (χ4n) is 1.95. The number of rotatable bonds is 3. The van der Waals surface area contributed by atoms with Gasteiger partial charge in [-0.05, 0) is 12.1 Å². The van der Waals surface area contributed by atoms with E-state index in [1.807, 2.05) is 0 Å². The van der Waals surface area contributed by atoms with Crippen molar-refractivity contribution in [2.75, 3.05) is 19.6 Å². The molecule has 5 nitrogen and oxygen atoms in total. The molecule has 0 bridgehead atoms. The largest absolute Gasteiger partial charge is 0.433 e. The van der Waals surface area contributed by atoms with Crippen LogP contribution in [0.15, 0.2) is 18.3 Å². The van der Waals surface area contributed by atoms with Crippen LogP contribution in [0.1, 0.15) is 16.1 Å². The van der Waals surface area contributed by atoms with Crippen molar-refractivity contribution in [1.82, 2.24) is 15.6 Å². The van der Waals surface area contributed by atoms with Gasteiger partial charge in [-0.1, -0.05) is 0 Å². The average molecular weight is 289 g/mol. The molecule has 1 fully saturated rings. The molecule has 0 aliphatic carbocycles. The second-order valence-electron chi connectivity index (χ2n) is 4.63. The zero-order valence-corrected chi connectivity index (χ0v) is 10.4. The Balaban J connectivity index is 1.92. The number of pyridine rings is 1. The molecule has 0 aromatic carbocycles. The quantitative estimate of drug-likeness (QED) is 0.753. The Kier molecular flexibility index (Phi) is 4.24. The number of nitrogens with zero attached hydrogens (tertiary/aromatic N) is 1. The molecule has 1 aromatic rings. The van der Waals surface area contributed by atoms with Crippen LogP contribution >= 0.6 is 0 Å². The molecule has 1 saturated heterocycles. The van der Waals surface area contributed by atoms with Crippen LogP contribution in [0.2, 0.25) is 0 Å². The van der Waals surface area contributed by atoms with E-state index in [0.29, 0.717) is 13.1 Å². The smallest absolute Gasteiger partial charge is 0.391 e. The highest BCUT2D eigenvalue weighted by molar-refractivity contribution is 5.93. The molecule has 2 unspecified atom stereocenters. The zero-order chi connectivity index (χ0) is 14.8. The summed E-state index contributed by atoms with van der Waals surface area (Å²) >= 11 is 0. The Bertz CT molecular complexity index is 476. The topological polar surface area (TPSA) is 74.2 Å². The van der Waals surface area contributed by atoms with Gasteiger partial charge in [-0.15, -0.1) is 0 Å². The summed E-state index contributed by atoms with van der Waals surface area (Å²) in [6.07, 6.45) is -4.16. The number of aromatic nitrogens is 1. The van der Waals surface area contributed by atoms with Crippen LogP contribution in [0.25, 0.3) is 0 Å². The number of alkyl halides is 3. The van der Waals surface area contributed by atoms with E-state index in [1.165, 1.54) is 0 Å². The molecule has 1 aliphatic rings. The highest BCUT2D eigenvalue weighted by atomic mass is 19.4. The molecular formula is C12H14F3N3O2. The number of halogens is 3. The van der Waals surface area contributed by atoms with Crippen LogP contribution < -0.4 is 10.6 Å². The SMILES string of the molecule is O=C(NCC1CNCC1O)c1ccc(C(F)(F)F)nc1. The Morgan fingerprint density at radius 1 is 1.45 bits per heavy atom. The van der Waals surface area contributed by atoms with Crippen LogP contribution in [-0.2, 0) is 6.18 Å². The molecule has 2 heterocycles. The van der Waals surface area contributed by atoms with Crippen molar-refractivity contribution in [2.24, 2.45) is 5.92 Å². The molecular weight excluding hydrogens is 275 g/mol. The Morgan fingerprint density at radius 3 is 2.70 bits per heavy atom. The molecule has 110 valence electrons. The lowest BCUT2D eigenvalue weighted by Crippen LogP contribution is -2.34. The third-order valence-corrected chi connectivity index (χ3v) is 3.15. The van der Waals surface area contributed by atoms with E-state index in [2.05, 4.69) is 15.6 Å². The van der Waals surface area contributed by atoms with Crippen molar-refractivity contribution in [3.63, 3.8) is 0 Å². The highest BCUT2D eigenvalue weighted by Crippen LogP contribution is 2.27. The predicted molar refractivity (Wildman–Crippen MR) is 63.9 cm³/mol. The van der Waals surface area contributed by atoms with Gasteiger partial charge in [0.1, 0.15) is 5.69 Å². The first-order valence-corrected chi connectivity index (χ1v) is 6.08. The molecule has 0 spiro atoms. The van der Waals surface area contributed by atoms with Crippen molar-refractivity contribution in [1.29, 1.82) is 0 Å². The van der Waals surface area contributed by atoms with Gasteiger partial charge in [-0.2, -0.15) is 13.2 Å². The Morgan fingerprint density at radius 2 is 2.20 bits per heavy atom. The number of amides is 1. The molecule has 20 heavy (non-hydrogen) atoms. The molecule has 0 saturated carbocycles. The van der Waals surface area contributed by atoms with Gasteiger partial charge < -0.3 is 15.7 Å². The first kappa shape index (κ1) is 14.7. The lowest BCUT2D eigenvalue weighted by molar-refractivity contribution is -0.141. The van der Waals surface area contributed by atoms with Crippen LogP contribution in [0.5, 0.6) is 0 Å². The van der Waals surface area contributed by atoms with E-state index < -0.39 is 23.9 Å². The lowest BCUT2D eigenvalue weighted by atomic mass is 10.1. The summed E-state index contributed by atoms with van der Waals surface area (Å²) in [5.74, 6) is -0.605. The number of aliphatic hydroxyl groups is 1. The normalized spacial score (nSPS) is 22.8. The van der Waals surface area contributed by atoms with Gasteiger partial charge in [0.05, 0.1) is 11.7 Å². The monoisotopic (exact) mass is 289 g/mol. The standard InChI is InChI=1S/C12H14F3N3O2/c13-12(14,15)10-2-1-7(4-17-10)11(20)18-5-8-3-16-6-9(8)19/h1-2,4,8-9,16,19H,3,5-6H2,(H,18,20). The number of aliphatic hydroxyl groups excluding tert-OH is 1. The van der Waals surface area contributed by atoms with Crippen LogP contribution in [0, 0.1) is 5.92 Å². The summed E-state index contributed by atoms with van der Waals surface area (Å²) in [6.45, 7) is 1.32. The second-order valence-corrected chi connectivity index (χ2v) is 4.63. The van der Waals surface area contributed by atoms with E-state index in [1.54, 1.807) is 0 Å². The molecule has 2 rings (SSSR count). The van der Waals surface area contributed by atoms with Crippen molar-refractivity contribution in [3.05, 3.63) is 29.6 Å². The van der Waals surface area contributed by atoms with Crippen LogP contribution in [0.4, 0.5) is 13.2 Å². The molecule has 8 heteroatoms. The minimum Gasteiger partial charge on any atom is -0.391 e. The number of nitrogens with one attached hydrogen (secondary N) is 2. The third kappa shape index (κ3) is 3.45. The first-order chi connectivity index (χ1) is 9.38. The fourth-order valence-corrected chi connectivity index (χ4v) is 1.95. The minimum atomic E-state index is -4.52. The Labute approximate surface area is 113 Å². The fraction of sp³-hybridized carbons (Fsp3) is 0.500. The van der Waals surface area contributed by atoms with Gasteiger partial charge in [-0.3, -0.25) is 9.78 Å². The van der Waals surface area contributed by atoms with Crippen molar-refractivity contribution < 1.29 is 23.1 Å². The number of hydrogen-bond acceptors (Lipinski definition) is 4. The average Bonchev–Trinajstić information content (AvgIpc) is 2.81. The van der Waals surface area contributed by atoms with E-state index in [9.17, 15) is 23.1 Å². The van der Waals surface area contributed by atoms with Gasteiger partial charge in [0.2, 0.25) is 0 Å².